The van der Waals surface area contributed by atoms with Crippen LogP contribution >= 0.6 is 0 Å². The Labute approximate surface area is 131 Å². The number of nitrogens with zero attached hydrogens (tertiary/aromatic N) is 1. The zero-order valence-corrected chi connectivity index (χ0v) is 13.1. The van der Waals surface area contributed by atoms with Crippen molar-refractivity contribution in [2.45, 2.75) is 32.6 Å². The van der Waals surface area contributed by atoms with Crippen molar-refractivity contribution in [2.24, 2.45) is 0 Å². The molecule has 0 saturated carbocycles. The molecule has 1 aromatic carbocycles. The summed E-state index contributed by atoms with van der Waals surface area (Å²) < 4.78 is 5.38. The van der Waals surface area contributed by atoms with Gasteiger partial charge in [-0.25, -0.2) is 0 Å². The molecule has 0 aliphatic carbocycles. The summed E-state index contributed by atoms with van der Waals surface area (Å²) in [4.78, 5) is 25.6. The molecule has 1 heterocycles. The molecule has 5 heteroatoms. The largest absolute Gasteiger partial charge is 0.484 e. The van der Waals surface area contributed by atoms with Gasteiger partial charge >= 0.3 is 0 Å². The molecule has 0 bridgehead atoms. The lowest BCUT2D eigenvalue weighted by Gasteiger charge is -2.20. The maximum Gasteiger partial charge on any atom is 0.258 e. The van der Waals surface area contributed by atoms with Crippen LogP contribution in [-0.2, 0) is 9.59 Å². The first-order valence-corrected chi connectivity index (χ1v) is 7.89. The second-order valence-corrected chi connectivity index (χ2v) is 5.67. The average molecular weight is 304 g/mol. The van der Waals surface area contributed by atoms with Crippen LogP contribution < -0.4 is 10.1 Å². The second kappa shape index (κ2) is 8.41. The summed E-state index contributed by atoms with van der Waals surface area (Å²) in [5, 5.41) is 2.63. The SMILES string of the molecule is Cc1ccc(OCC(=O)NCC(=O)N2CCCCCC2)cc1. The van der Waals surface area contributed by atoms with Crippen LogP contribution in [0, 0.1) is 6.92 Å². The normalized spacial score (nSPS) is 15.0. The summed E-state index contributed by atoms with van der Waals surface area (Å²) >= 11 is 0. The Morgan fingerprint density at radius 2 is 1.73 bits per heavy atom. The number of aryl methyl sites for hydroxylation is 1. The molecule has 0 atom stereocenters. The highest BCUT2D eigenvalue weighted by molar-refractivity contribution is 5.85. The highest BCUT2D eigenvalue weighted by Crippen LogP contribution is 2.11. The molecule has 0 unspecified atom stereocenters. The van der Waals surface area contributed by atoms with Gasteiger partial charge in [0.05, 0.1) is 6.54 Å². The molecule has 1 saturated heterocycles. The fourth-order valence-electron chi connectivity index (χ4n) is 2.44. The van der Waals surface area contributed by atoms with Crippen LogP contribution in [0.2, 0.25) is 0 Å². The Hall–Kier alpha value is -2.04. The van der Waals surface area contributed by atoms with E-state index in [1.807, 2.05) is 36.1 Å². The number of carbonyl (C=O) groups excluding carboxylic acids is 2. The highest BCUT2D eigenvalue weighted by Gasteiger charge is 2.16. The van der Waals surface area contributed by atoms with Crippen LogP contribution in [0.4, 0.5) is 0 Å². The first kappa shape index (κ1) is 16.3. The van der Waals surface area contributed by atoms with Crippen LogP contribution in [-0.4, -0.2) is 43.0 Å². The molecule has 2 amide bonds. The lowest BCUT2D eigenvalue weighted by atomic mass is 10.2. The number of hydrogen-bond donors (Lipinski definition) is 1. The van der Waals surface area contributed by atoms with E-state index in [4.69, 9.17) is 4.74 Å². The van der Waals surface area contributed by atoms with E-state index < -0.39 is 0 Å². The molecular formula is C17H24N2O3. The smallest absolute Gasteiger partial charge is 0.258 e. The minimum Gasteiger partial charge on any atom is -0.484 e. The van der Waals surface area contributed by atoms with Crippen molar-refractivity contribution < 1.29 is 14.3 Å². The summed E-state index contributed by atoms with van der Waals surface area (Å²) in [7, 11) is 0. The van der Waals surface area contributed by atoms with Gasteiger partial charge in [0.15, 0.2) is 6.61 Å². The van der Waals surface area contributed by atoms with E-state index in [1.165, 1.54) is 12.8 Å². The summed E-state index contributed by atoms with van der Waals surface area (Å²) in [6.45, 7) is 3.57. The Morgan fingerprint density at radius 3 is 2.36 bits per heavy atom. The standard InChI is InChI=1S/C17H24N2O3/c1-14-6-8-15(9-7-14)22-13-16(20)18-12-17(21)19-10-4-2-3-5-11-19/h6-9H,2-5,10-13H2,1H3,(H,18,20). The van der Waals surface area contributed by atoms with E-state index in [2.05, 4.69) is 5.32 Å². The van der Waals surface area contributed by atoms with Crippen molar-refractivity contribution >= 4 is 11.8 Å². The third-order valence-corrected chi connectivity index (χ3v) is 3.79. The number of likely N-dealkylation sites (tertiary alicyclic amines) is 1. The molecule has 22 heavy (non-hydrogen) atoms. The van der Waals surface area contributed by atoms with Gasteiger partial charge in [-0.15, -0.1) is 0 Å². The predicted octanol–water partition coefficient (Wildman–Crippen LogP) is 1.89. The van der Waals surface area contributed by atoms with Gasteiger partial charge in [-0.05, 0) is 31.9 Å². The van der Waals surface area contributed by atoms with E-state index >= 15 is 0 Å². The maximum absolute atomic E-state index is 12.0. The molecule has 0 spiro atoms. The molecule has 5 nitrogen and oxygen atoms in total. The second-order valence-electron chi connectivity index (χ2n) is 5.67. The zero-order chi connectivity index (χ0) is 15.8. The van der Waals surface area contributed by atoms with E-state index in [1.54, 1.807) is 0 Å². The van der Waals surface area contributed by atoms with Crippen LogP contribution in [0.15, 0.2) is 24.3 Å². The van der Waals surface area contributed by atoms with Gasteiger partial charge < -0.3 is 15.0 Å². The lowest BCUT2D eigenvalue weighted by molar-refractivity contribution is -0.133. The first-order chi connectivity index (χ1) is 10.6. The van der Waals surface area contributed by atoms with Gasteiger partial charge in [0, 0.05) is 13.1 Å². The van der Waals surface area contributed by atoms with Gasteiger partial charge in [-0.2, -0.15) is 0 Å². The molecule has 2 rings (SSSR count). The van der Waals surface area contributed by atoms with Crippen molar-refractivity contribution in [1.29, 1.82) is 0 Å². The number of ether oxygens (including phenoxy) is 1. The Kier molecular flexibility index (Phi) is 6.25. The molecule has 0 aromatic heterocycles. The summed E-state index contributed by atoms with van der Waals surface area (Å²) in [6, 6.07) is 7.50. The summed E-state index contributed by atoms with van der Waals surface area (Å²) in [6.07, 6.45) is 4.47. The summed E-state index contributed by atoms with van der Waals surface area (Å²) in [5.74, 6) is 0.369. The molecule has 120 valence electrons. The van der Waals surface area contributed by atoms with Crippen LogP contribution in [0.3, 0.4) is 0 Å². The molecule has 1 N–H and O–H groups in total. The number of benzene rings is 1. The van der Waals surface area contributed by atoms with E-state index in [0.29, 0.717) is 5.75 Å². The van der Waals surface area contributed by atoms with Crippen LogP contribution in [0.1, 0.15) is 31.2 Å². The molecular weight excluding hydrogens is 280 g/mol. The van der Waals surface area contributed by atoms with Crippen molar-refractivity contribution in [3.63, 3.8) is 0 Å². The third kappa shape index (κ3) is 5.39. The molecule has 1 aromatic rings. The van der Waals surface area contributed by atoms with Gasteiger partial charge in [-0.3, -0.25) is 9.59 Å². The van der Waals surface area contributed by atoms with Crippen molar-refractivity contribution in [3.05, 3.63) is 29.8 Å². The maximum atomic E-state index is 12.0. The van der Waals surface area contributed by atoms with Crippen molar-refractivity contribution in [1.82, 2.24) is 10.2 Å². The van der Waals surface area contributed by atoms with Crippen molar-refractivity contribution in [2.75, 3.05) is 26.2 Å². The Bertz CT molecular complexity index is 491. The monoisotopic (exact) mass is 304 g/mol. The quantitative estimate of drug-likeness (QED) is 0.904. The molecule has 0 radical (unpaired) electrons. The highest BCUT2D eigenvalue weighted by atomic mass is 16.5. The topological polar surface area (TPSA) is 58.6 Å². The Morgan fingerprint density at radius 1 is 1.09 bits per heavy atom. The number of carbonyl (C=O) groups is 2. The lowest BCUT2D eigenvalue weighted by Crippen LogP contribution is -2.41. The van der Waals surface area contributed by atoms with Crippen LogP contribution in [0.5, 0.6) is 5.75 Å². The minimum atomic E-state index is -0.274. The number of rotatable bonds is 5. The summed E-state index contributed by atoms with van der Waals surface area (Å²) in [5.41, 5.74) is 1.14. The van der Waals surface area contributed by atoms with Crippen LogP contribution in [0.25, 0.3) is 0 Å². The van der Waals surface area contributed by atoms with Gasteiger partial charge in [-0.1, -0.05) is 30.5 Å². The average Bonchev–Trinajstić information content (AvgIpc) is 2.81. The van der Waals surface area contributed by atoms with E-state index in [0.717, 1.165) is 31.5 Å². The minimum absolute atomic E-state index is 0.00872. The number of amides is 2. The molecule has 1 aliphatic rings. The molecule has 1 aliphatic heterocycles. The first-order valence-electron chi connectivity index (χ1n) is 7.89. The third-order valence-electron chi connectivity index (χ3n) is 3.79. The van der Waals surface area contributed by atoms with E-state index in [9.17, 15) is 9.59 Å². The molecule has 1 fully saturated rings. The fourth-order valence-corrected chi connectivity index (χ4v) is 2.44. The van der Waals surface area contributed by atoms with Crippen molar-refractivity contribution in [3.8, 4) is 5.75 Å². The van der Waals surface area contributed by atoms with E-state index in [-0.39, 0.29) is 25.0 Å². The number of hydrogen-bond acceptors (Lipinski definition) is 3. The fraction of sp³-hybridized carbons (Fsp3) is 0.529. The Balaban J connectivity index is 1.68. The van der Waals surface area contributed by atoms with Gasteiger partial charge in [0.1, 0.15) is 5.75 Å². The zero-order valence-electron chi connectivity index (χ0n) is 13.1. The number of nitrogens with one attached hydrogen (secondary N) is 1. The predicted molar refractivity (Wildman–Crippen MR) is 84.7 cm³/mol. The van der Waals surface area contributed by atoms with Gasteiger partial charge in [0.25, 0.3) is 5.91 Å². The van der Waals surface area contributed by atoms with Gasteiger partial charge in [0.2, 0.25) is 5.91 Å².